The average Bonchev–Trinajstić information content (AvgIpc) is 1.91. The molecule has 0 aliphatic carbocycles. The van der Waals surface area contributed by atoms with Crippen LogP contribution in [0.1, 0.15) is 387 Å². The lowest BCUT2D eigenvalue weighted by Crippen LogP contribution is -2.39. The second-order valence-electron chi connectivity index (χ2n) is 28.7. The Hall–Kier alpha value is -0.520. The van der Waals surface area contributed by atoms with Crippen LogP contribution in [-0.2, 0) is 19.2 Å². The van der Waals surface area contributed by atoms with E-state index in [1.54, 1.807) is 0 Å². The second kappa shape index (κ2) is 84.1. The zero-order valence-corrected chi connectivity index (χ0v) is 71.3. The molecule has 100 heavy (non-hydrogen) atoms. The van der Waals surface area contributed by atoms with Crippen molar-refractivity contribution in [3.63, 3.8) is 0 Å². The minimum atomic E-state index is -0.357. The summed E-state index contributed by atoms with van der Waals surface area (Å²) < 4.78 is 0. The molecule has 0 aliphatic heterocycles. The molecular formula is C80H162Br4N8O8. The Balaban J connectivity index is -0.00000179. The van der Waals surface area contributed by atoms with Crippen LogP contribution in [0.3, 0.4) is 0 Å². The molecule has 0 radical (unpaired) electrons. The minimum absolute atomic E-state index is 0.0714. The summed E-state index contributed by atoms with van der Waals surface area (Å²) in [4.78, 5) is 48.4. The first-order valence-corrected chi connectivity index (χ1v) is 46.1. The highest BCUT2D eigenvalue weighted by Crippen LogP contribution is 2.20. The average molecular weight is 1680 g/mol. The number of aliphatic hydroxyl groups excluding tert-OH is 4. The smallest absolute Gasteiger partial charge is 0.220 e. The third-order valence-corrected chi connectivity index (χ3v) is 21.8. The van der Waals surface area contributed by atoms with Crippen molar-refractivity contribution < 1.29 is 39.6 Å². The molecule has 16 nitrogen and oxygen atoms in total. The molecule has 20 heteroatoms. The summed E-state index contributed by atoms with van der Waals surface area (Å²) in [6.45, 7) is 10.8. The van der Waals surface area contributed by atoms with E-state index in [4.69, 9.17) is 11.5 Å². The molecule has 598 valence electrons. The predicted molar refractivity (Wildman–Crippen MR) is 442 cm³/mol. The molecule has 0 aromatic carbocycles. The van der Waals surface area contributed by atoms with Crippen LogP contribution in [0.5, 0.6) is 0 Å². The number of hydrogen-bond acceptors (Lipinski definition) is 12. The van der Waals surface area contributed by atoms with Crippen molar-refractivity contribution in [2.75, 3.05) is 47.7 Å². The lowest BCUT2D eigenvalue weighted by Gasteiger charge is -2.23. The fourth-order valence-electron chi connectivity index (χ4n) is 12.7. The number of aliphatic hydroxyl groups is 4. The van der Waals surface area contributed by atoms with E-state index in [1.807, 2.05) is 0 Å². The van der Waals surface area contributed by atoms with Gasteiger partial charge in [0.05, 0.1) is 35.3 Å². The molecule has 0 spiro atoms. The summed E-state index contributed by atoms with van der Waals surface area (Å²) >= 11 is 13.3. The molecule has 14 N–H and O–H groups in total. The van der Waals surface area contributed by atoms with Gasteiger partial charge in [0.15, 0.2) is 0 Å². The largest absolute Gasteiger partial charge is 0.392 e. The first-order valence-electron chi connectivity index (χ1n) is 41.6. The Morgan fingerprint density at radius 2 is 0.460 bits per heavy atom. The van der Waals surface area contributed by atoms with Crippen LogP contribution in [0, 0.1) is 0 Å². The molecule has 0 saturated carbocycles. The summed E-state index contributed by atoms with van der Waals surface area (Å²) in [5.41, 5.74) is 13.6. The Bertz CT molecular complexity index is 1590. The van der Waals surface area contributed by atoms with Crippen LogP contribution in [-0.4, -0.2) is 140 Å². The Morgan fingerprint density at radius 3 is 0.670 bits per heavy atom. The van der Waals surface area contributed by atoms with Gasteiger partial charge in [-0.3, -0.25) is 19.2 Å². The molecule has 0 bridgehead atoms. The fraction of sp³-hybridized carbons (Fsp3) is 0.950. The molecule has 4 amide bonds. The highest BCUT2D eigenvalue weighted by molar-refractivity contribution is 9.12. The SMILES string of the molecule is BrCCBr.CCCCCC(N)C(O)CCCCCCCCCCC(=O)NCCNC(=O)CCCCCCCCCCC(O)C(N)CCCCC.CCCCCC(NCBr)C(O)CCCCCCCCCCC(=O)NCCNC(=O)CCCCCCCCCCC(O)C(CCCCC)NCBr. The number of unbranched alkanes of at least 4 members (excludes halogenated alkanes) is 36. The van der Waals surface area contributed by atoms with E-state index in [9.17, 15) is 39.6 Å². The molecular weight excluding hydrogens is 1520 g/mol. The summed E-state index contributed by atoms with van der Waals surface area (Å²) in [5.74, 6) is 0.301. The van der Waals surface area contributed by atoms with Gasteiger partial charge in [0.1, 0.15) is 0 Å². The molecule has 0 saturated heterocycles. The van der Waals surface area contributed by atoms with Gasteiger partial charge in [-0.15, -0.1) is 0 Å². The number of carbonyl (C=O) groups excluding carboxylic acids is 4. The number of amides is 4. The third kappa shape index (κ3) is 77.1. The van der Waals surface area contributed by atoms with Crippen molar-refractivity contribution in [2.45, 2.75) is 436 Å². The van der Waals surface area contributed by atoms with Gasteiger partial charge < -0.3 is 63.8 Å². The summed E-state index contributed by atoms with van der Waals surface area (Å²) in [6.07, 6.45) is 58.6. The molecule has 0 rings (SSSR count). The van der Waals surface area contributed by atoms with Crippen molar-refractivity contribution in [1.82, 2.24) is 31.9 Å². The quantitative estimate of drug-likeness (QED) is 0.0154. The number of nitrogens with one attached hydrogen (secondary N) is 6. The summed E-state index contributed by atoms with van der Waals surface area (Å²) in [7, 11) is 0. The molecule has 0 aliphatic rings. The van der Waals surface area contributed by atoms with E-state index < -0.39 is 0 Å². The topological polar surface area (TPSA) is 273 Å². The molecule has 0 fully saturated rings. The number of halogens is 4. The van der Waals surface area contributed by atoms with Crippen molar-refractivity contribution in [3.8, 4) is 0 Å². The number of rotatable bonds is 75. The maximum Gasteiger partial charge on any atom is 0.220 e. The highest BCUT2D eigenvalue weighted by Gasteiger charge is 2.20. The van der Waals surface area contributed by atoms with E-state index in [0.29, 0.717) is 51.9 Å². The monoisotopic (exact) mass is 1680 g/mol. The highest BCUT2D eigenvalue weighted by atomic mass is 79.9. The zero-order chi connectivity index (χ0) is 74.4. The van der Waals surface area contributed by atoms with Gasteiger partial charge in [0.25, 0.3) is 0 Å². The fourth-order valence-corrected chi connectivity index (χ4v) is 13.6. The van der Waals surface area contributed by atoms with Gasteiger partial charge >= 0.3 is 0 Å². The van der Waals surface area contributed by atoms with E-state index in [1.165, 1.54) is 167 Å². The molecule has 0 aromatic heterocycles. The third-order valence-electron chi connectivity index (χ3n) is 19.3. The number of hydrogen-bond donors (Lipinski definition) is 12. The van der Waals surface area contributed by atoms with Crippen molar-refractivity contribution >= 4 is 87.3 Å². The van der Waals surface area contributed by atoms with Crippen LogP contribution in [0.15, 0.2) is 0 Å². The molecule has 8 atom stereocenters. The Labute approximate surface area is 649 Å². The van der Waals surface area contributed by atoms with Crippen molar-refractivity contribution in [3.05, 3.63) is 0 Å². The van der Waals surface area contributed by atoms with Crippen LogP contribution in [0.2, 0.25) is 0 Å². The maximum absolute atomic E-state index is 12.1. The van der Waals surface area contributed by atoms with Crippen LogP contribution >= 0.6 is 63.7 Å². The number of carbonyl (C=O) groups is 4. The lowest BCUT2D eigenvalue weighted by atomic mass is 9.98. The first kappa shape index (κ1) is 104. The summed E-state index contributed by atoms with van der Waals surface area (Å²) in [5, 5.41) is 62.1. The van der Waals surface area contributed by atoms with E-state index >= 15 is 0 Å². The summed E-state index contributed by atoms with van der Waals surface area (Å²) in [6, 6.07) is 0.250. The van der Waals surface area contributed by atoms with E-state index in [-0.39, 0.29) is 72.2 Å². The minimum Gasteiger partial charge on any atom is -0.392 e. The zero-order valence-electron chi connectivity index (χ0n) is 65.0. The van der Waals surface area contributed by atoms with E-state index in [2.05, 4.69) is 123 Å². The van der Waals surface area contributed by atoms with Crippen LogP contribution in [0.4, 0.5) is 0 Å². The van der Waals surface area contributed by atoms with E-state index in [0.717, 1.165) is 189 Å². The van der Waals surface area contributed by atoms with Crippen molar-refractivity contribution in [1.29, 1.82) is 0 Å². The molecule has 8 unspecified atom stereocenters. The van der Waals surface area contributed by atoms with Gasteiger partial charge in [-0.05, 0) is 77.0 Å². The Morgan fingerprint density at radius 1 is 0.270 bits per heavy atom. The van der Waals surface area contributed by atoms with Gasteiger partial charge in [-0.1, -0.05) is 348 Å². The van der Waals surface area contributed by atoms with Gasteiger partial charge in [0.2, 0.25) is 23.6 Å². The van der Waals surface area contributed by atoms with Crippen LogP contribution < -0.4 is 43.4 Å². The predicted octanol–water partition coefficient (Wildman–Crippen LogP) is 18.9. The standard InChI is InChI=1S/C40H80Br2N4O4.C38H78N4O4.C2H4Br2/c1-3-5-19-25-35(45-33-41)37(47)27-21-15-11-7-9-13-17-23-29-39(49)43-31-32-44-40(50)30-24-18-14-10-8-12-16-22-28-38(48)36(46-34-42)26-20-6-4-2;1-3-5-19-25-33(39)35(43)27-21-15-11-7-9-13-17-23-29-37(45)41-31-32-42-38(46)30-24-18-14-10-8-12-16-22-28-36(44)34(40)26-20-6-4-2;3-1-2-4/h35-38,45-48H,3-34H2,1-2H3,(H,43,49)(H,44,50);33-36,43-44H,3-32,39-40H2,1-2H3,(H,41,45)(H,42,46);1-2H2. The Kier molecular flexibility index (Phi) is 87.2. The molecule has 0 aromatic rings. The van der Waals surface area contributed by atoms with Crippen molar-refractivity contribution in [2.24, 2.45) is 11.5 Å². The van der Waals surface area contributed by atoms with Crippen LogP contribution in [0.25, 0.3) is 0 Å². The first-order chi connectivity index (χ1) is 48.6. The molecule has 0 heterocycles. The van der Waals surface area contributed by atoms with Gasteiger partial charge in [0, 0.05) is 86.7 Å². The normalized spacial score (nSPS) is 13.8. The maximum atomic E-state index is 12.1. The van der Waals surface area contributed by atoms with Gasteiger partial charge in [-0.25, -0.2) is 0 Å². The van der Waals surface area contributed by atoms with Gasteiger partial charge in [-0.2, -0.15) is 0 Å². The second-order valence-corrected chi connectivity index (χ2v) is 31.4. The number of nitrogens with two attached hydrogens (primary N) is 2. The number of alkyl halides is 4. The lowest BCUT2D eigenvalue weighted by molar-refractivity contribution is -0.123.